The van der Waals surface area contributed by atoms with E-state index in [4.69, 9.17) is 4.74 Å². The summed E-state index contributed by atoms with van der Waals surface area (Å²) >= 11 is 0. The van der Waals surface area contributed by atoms with Crippen molar-refractivity contribution in [3.05, 3.63) is 53.3 Å². The largest absolute Gasteiger partial charge is 0.494 e. The van der Waals surface area contributed by atoms with Crippen LogP contribution in [-0.4, -0.2) is 28.2 Å². The van der Waals surface area contributed by atoms with E-state index < -0.39 is 12.0 Å². The second kappa shape index (κ2) is 7.42. The van der Waals surface area contributed by atoms with Crippen LogP contribution >= 0.6 is 0 Å². The number of benzene rings is 1. The lowest BCUT2D eigenvalue weighted by molar-refractivity contribution is -0.139. The Kier molecular flexibility index (Phi) is 5.07. The Bertz CT molecular complexity index is 764. The minimum atomic E-state index is -1.10. The minimum Gasteiger partial charge on any atom is -0.494 e. The van der Waals surface area contributed by atoms with E-state index in [-0.39, 0.29) is 5.91 Å². The van der Waals surface area contributed by atoms with Crippen LogP contribution in [0.1, 0.15) is 47.4 Å². The fraction of sp³-hybridized carbons (Fsp3) is 0.368. The summed E-state index contributed by atoms with van der Waals surface area (Å²) in [5, 5.41) is 12.2. The van der Waals surface area contributed by atoms with Crippen molar-refractivity contribution in [1.29, 1.82) is 0 Å². The number of aliphatic carboxylic acids is 1. The van der Waals surface area contributed by atoms with Crippen LogP contribution < -0.4 is 10.1 Å². The van der Waals surface area contributed by atoms with Crippen molar-refractivity contribution in [2.45, 2.75) is 38.8 Å². The molecule has 0 bridgehead atoms. The van der Waals surface area contributed by atoms with Crippen LogP contribution in [0.2, 0.25) is 0 Å². The first-order valence-electron chi connectivity index (χ1n) is 8.54. The summed E-state index contributed by atoms with van der Waals surface area (Å²) in [7, 11) is 0. The van der Waals surface area contributed by atoms with Gasteiger partial charge in [0.2, 0.25) is 0 Å². The molecule has 0 aliphatic carbocycles. The number of carbonyl (C=O) groups is 2. The van der Waals surface area contributed by atoms with Gasteiger partial charge in [0.1, 0.15) is 5.75 Å². The Morgan fingerprint density at radius 2 is 2.00 bits per heavy atom. The van der Waals surface area contributed by atoms with Gasteiger partial charge in [0.15, 0.2) is 6.04 Å². The molecule has 2 heterocycles. The average molecular weight is 342 g/mol. The normalized spacial score (nSPS) is 14.4. The van der Waals surface area contributed by atoms with E-state index in [0.717, 1.165) is 31.5 Å². The highest BCUT2D eigenvalue weighted by molar-refractivity contribution is 5.98. The van der Waals surface area contributed by atoms with Crippen molar-refractivity contribution >= 4 is 11.9 Å². The molecule has 1 aliphatic heterocycles. The third-order valence-corrected chi connectivity index (χ3v) is 4.43. The van der Waals surface area contributed by atoms with Crippen LogP contribution in [0, 0.1) is 0 Å². The van der Waals surface area contributed by atoms with Crippen LogP contribution in [0.4, 0.5) is 0 Å². The van der Waals surface area contributed by atoms with Gasteiger partial charge >= 0.3 is 5.97 Å². The number of rotatable bonds is 6. The quantitative estimate of drug-likeness (QED) is 0.846. The van der Waals surface area contributed by atoms with Crippen molar-refractivity contribution in [3.63, 3.8) is 0 Å². The van der Waals surface area contributed by atoms with Gasteiger partial charge in [-0.3, -0.25) is 4.79 Å². The first-order valence-corrected chi connectivity index (χ1v) is 8.54. The van der Waals surface area contributed by atoms with E-state index in [0.29, 0.717) is 23.5 Å². The van der Waals surface area contributed by atoms with Gasteiger partial charge < -0.3 is 19.7 Å². The summed E-state index contributed by atoms with van der Waals surface area (Å²) in [4.78, 5) is 24.3. The SMILES string of the molecule is CCOc1ccc(C(NC(=O)c2ccn3c2CCCC3)C(=O)O)cc1. The first-order chi connectivity index (χ1) is 12.1. The number of aromatic nitrogens is 1. The Hall–Kier alpha value is -2.76. The molecule has 1 atom stereocenters. The van der Waals surface area contributed by atoms with Crippen molar-refractivity contribution in [2.24, 2.45) is 0 Å². The summed E-state index contributed by atoms with van der Waals surface area (Å²) in [6.45, 7) is 3.33. The number of nitrogens with zero attached hydrogens (tertiary/aromatic N) is 1. The second-order valence-corrected chi connectivity index (χ2v) is 6.07. The van der Waals surface area contributed by atoms with E-state index in [1.165, 1.54) is 0 Å². The van der Waals surface area contributed by atoms with Crippen LogP contribution in [-0.2, 0) is 17.8 Å². The molecule has 2 aromatic rings. The summed E-state index contributed by atoms with van der Waals surface area (Å²) in [6.07, 6.45) is 4.89. The number of fused-ring (bicyclic) bond motifs is 1. The molecule has 1 aromatic carbocycles. The lowest BCUT2D eigenvalue weighted by atomic mass is 10.0. The Balaban J connectivity index is 1.78. The molecule has 6 nitrogen and oxygen atoms in total. The highest BCUT2D eigenvalue weighted by atomic mass is 16.5. The number of carboxylic acid groups (broad SMARTS) is 1. The topological polar surface area (TPSA) is 80.6 Å². The number of hydrogen-bond acceptors (Lipinski definition) is 3. The summed E-state index contributed by atoms with van der Waals surface area (Å²) in [5.74, 6) is -0.772. The summed E-state index contributed by atoms with van der Waals surface area (Å²) in [6, 6.07) is 7.43. The van der Waals surface area contributed by atoms with Crippen LogP contribution in [0.3, 0.4) is 0 Å². The molecule has 0 spiro atoms. The Labute approximate surface area is 146 Å². The Morgan fingerprint density at radius 1 is 1.24 bits per heavy atom. The molecule has 3 rings (SSSR count). The monoisotopic (exact) mass is 342 g/mol. The van der Waals surface area contributed by atoms with Gasteiger partial charge in [0.25, 0.3) is 5.91 Å². The molecule has 0 radical (unpaired) electrons. The zero-order valence-corrected chi connectivity index (χ0v) is 14.2. The maximum atomic E-state index is 12.6. The lowest BCUT2D eigenvalue weighted by Gasteiger charge is -2.18. The maximum Gasteiger partial charge on any atom is 0.330 e. The van der Waals surface area contributed by atoms with E-state index in [1.54, 1.807) is 30.3 Å². The van der Waals surface area contributed by atoms with Crippen molar-refractivity contribution in [2.75, 3.05) is 6.61 Å². The second-order valence-electron chi connectivity index (χ2n) is 6.07. The van der Waals surface area contributed by atoms with Crippen LogP contribution in [0.5, 0.6) is 5.75 Å². The van der Waals surface area contributed by atoms with Gasteiger partial charge in [0.05, 0.1) is 12.2 Å². The number of amides is 1. The maximum absolute atomic E-state index is 12.6. The van der Waals surface area contributed by atoms with Crippen molar-refractivity contribution in [3.8, 4) is 5.75 Å². The first kappa shape index (κ1) is 17.1. The van der Waals surface area contributed by atoms with E-state index in [9.17, 15) is 14.7 Å². The fourth-order valence-electron chi connectivity index (χ4n) is 3.19. The standard InChI is InChI=1S/C19H22N2O4/c1-2-25-14-8-6-13(7-9-14)17(19(23)24)20-18(22)15-10-12-21-11-4-3-5-16(15)21/h6-10,12,17H,2-5,11H2,1H3,(H,20,22)(H,23,24). The summed E-state index contributed by atoms with van der Waals surface area (Å²) < 4.78 is 7.44. The van der Waals surface area contributed by atoms with Gasteiger partial charge in [-0.1, -0.05) is 12.1 Å². The predicted octanol–water partition coefficient (Wildman–Crippen LogP) is 2.78. The number of nitrogens with one attached hydrogen (secondary N) is 1. The molecule has 0 saturated carbocycles. The molecule has 0 fully saturated rings. The Morgan fingerprint density at radius 3 is 2.68 bits per heavy atom. The number of aryl methyl sites for hydroxylation is 1. The third-order valence-electron chi connectivity index (χ3n) is 4.43. The van der Waals surface area contributed by atoms with E-state index in [1.807, 2.05) is 13.1 Å². The number of hydrogen-bond donors (Lipinski definition) is 2. The molecule has 1 unspecified atom stereocenters. The third kappa shape index (κ3) is 3.68. The molecule has 0 saturated heterocycles. The molecular formula is C19H22N2O4. The molecule has 25 heavy (non-hydrogen) atoms. The number of carbonyl (C=O) groups excluding carboxylic acids is 1. The zero-order valence-electron chi connectivity index (χ0n) is 14.2. The number of ether oxygens (including phenoxy) is 1. The fourth-order valence-corrected chi connectivity index (χ4v) is 3.19. The van der Waals surface area contributed by atoms with Gasteiger partial charge in [0, 0.05) is 18.4 Å². The average Bonchev–Trinajstić information content (AvgIpc) is 3.04. The van der Waals surface area contributed by atoms with E-state index >= 15 is 0 Å². The van der Waals surface area contributed by atoms with Gasteiger partial charge in [-0.15, -0.1) is 0 Å². The minimum absolute atomic E-state index is 0.350. The van der Waals surface area contributed by atoms with Crippen LogP contribution in [0.15, 0.2) is 36.5 Å². The molecule has 2 N–H and O–H groups in total. The van der Waals surface area contributed by atoms with Gasteiger partial charge in [-0.2, -0.15) is 0 Å². The summed E-state index contributed by atoms with van der Waals surface area (Å²) in [5.41, 5.74) is 2.06. The number of carboxylic acids is 1. The molecule has 1 amide bonds. The smallest absolute Gasteiger partial charge is 0.330 e. The van der Waals surface area contributed by atoms with Crippen LogP contribution in [0.25, 0.3) is 0 Å². The molecule has 1 aromatic heterocycles. The molecule has 6 heteroatoms. The van der Waals surface area contributed by atoms with E-state index in [2.05, 4.69) is 9.88 Å². The van der Waals surface area contributed by atoms with Gasteiger partial charge in [-0.05, 0) is 49.9 Å². The zero-order chi connectivity index (χ0) is 17.8. The molecule has 1 aliphatic rings. The molecular weight excluding hydrogens is 320 g/mol. The van der Waals surface area contributed by atoms with Gasteiger partial charge in [-0.25, -0.2) is 4.79 Å². The lowest BCUT2D eigenvalue weighted by Crippen LogP contribution is -2.34. The highest BCUT2D eigenvalue weighted by Gasteiger charge is 2.25. The van der Waals surface area contributed by atoms with Crippen molar-refractivity contribution in [1.82, 2.24) is 9.88 Å². The van der Waals surface area contributed by atoms with Crippen molar-refractivity contribution < 1.29 is 19.4 Å². The predicted molar refractivity (Wildman–Crippen MR) is 92.8 cm³/mol. The molecule has 132 valence electrons. The highest BCUT2D eigenvalue weighted by Crippen LogP contribution is 2.22.